The van der Waals surface area contributed by atoms with Crippen molar-refractivity contribution >= 4 is 34.4 Å². The number of anilines is 1. The van der Waals surface area contributed by atoms with Crippen LogP contribution in [0.15, 0.2) is 64.7 Å². The van der Waals surface area contributed by atoms with Crippen LogP contribution in [0.1, 0.15) is 5.56 Å². The van der Waals surface area contributed by atoms with E-state index in [1.807, 2.05) is 18.2 Å². The van der Waals surface area contributed by atoms with E-state index in [4.69, 9.17) is 0 Å². The summed E-state index contributed by atoms with van der Waals surface area (Å²) in [4.78, 5) is 29.7. The number of fused-ring (bicyclic) bond motifs is 1. The Morgan fingerprint density at radius 2 is 2.03 bits per heavy atom. The van der Waals surface area contributed by atoms with E-state index in [1.54, 1.807) is 31.2 Å². The van der Waals surface area contributed by atoms with Crippen molar-refractivity contribution in [3.63, 3.8) is 0 Å². The number of nitrogens with one attached hydrogen (secondary N) is 2. The lowest BCUT2D eigenvalue weighted by Crippen LogP contribution is -2.22. The van der Waals surface area contributed by atoms with Gasteiger partial charge < -0.3 is 5.32 Å². The third-order valence-electron chi connectivity index (χ3n) is 4.25. The van der Waals surface area contributed by atoms with E-state index in [0.29, 0.717) is 33.1 Å². The highest BCUT2D eigenvalue weighted by atomic mass is 32.2. The molecule has 0 aliphatic carbocycles. The van der Waals surface area contributed by atoms with Crippen LogP contribution in [-0.2, 0) is 4.79 Å². The van der Waals surface area contributed by atoms with Gasteiger partial charge in [0.2, 0.25) is 5.91 Å². The topological polar surface area (TPSA) is 92.7 Å². The number of amides is 1. The van der Waals surface area contributed by atoms with Crippen molar-refractivity contribution in [2.75, 3.05) is 11.1 Å². The molecule has 0 atom stereocenters. The standard InChI is InChI=1S/C20H16FN5O2S/c1-12-7-8-13(9-16(12)21)23-17(27)11-29-20-24-18-15(10-22-25-18)19(28)26(20)14-5-3-2-4-6-14/h2-10H,11H2,1H3,(H,22,25)(H,23,27). The van der Waals surface area contributed by atoms with Crippen molar-refractivity contribution in [3.8, 4) is 5.69 Å². The maximum atomic E-state index is 13.7. The summed E-state index contributed by atoms with van der Waals surface area (Å²) >= 11 is 1.11. The Balaban J connectivity index is 1.61. The zero-order valence-electron chi connectivity index (χ0n) is 15.3. The largest absolute Gasteiger partial charge is 0.325 e. The number of nitrogens with zero attached hydrogens (tertiary/aromatic N) is 3. The minimum Gasteiger partial charge on any atom is -0.325 e. The minimum atomic E-state index is -0.389. The molecule has 29 heavy (non-hydrogen) atoms. The van der Waals surface area contributed by atoms with E-state index in [0.717, 1.165) is 11.8 Å². The van der Waals surface area contributed by atoms with Gasteiger partial charge in [-0.15, -0.1) is 0 Å². The van der Waals surface area contributed by atoms with Crippen LogP contribution in [0, 0.1) is 12.7 Å². The second-order valence-electron chi connectivity index (χ2n) is 6.30. The highest BCUT2D eigenvalue weighted by molar-refractivity contribution is 7.99. The molecule has 0 aliphatic heterocycles. The summed E-state index contributed by atoms with van der Waals surface area (Å²) in [6.45, 7) is 1.65. The molecule has 4 aromatic rings. The number of carbonyl (C=O) groups excluding carboxylic acids is 1. The summed E-state index contributed by atoms with van der Waals surface area (Å²) in [7, 11) is 0. The third-order valence-corrected chi connectivity index (χ3v) is 5.19. The highest BCUT2D eigenvalue weighted by Crippen LogP contribution is 2.21. The number of benzene rings is 2. The molecule has 0 saturated carbocycles. The number of rotatable bonds is 5. The predicted molar refractivity (Wildman–Crippen MR) is 110 cm³/mol. The number of hydrogen-bond donors (Lipinski definition) is 2. The molecule has 2 aromatic heterocycles. The van der Waals surface area contributed by atoms with Gasteiger partial charge in [0.15, 0.2) is 10.8 Å². The summed E-state index contributed by atoms with van der Waals surface area (Å²) in [6.07, 6.45) is 1.43. The normalized spacial score (nSPS) is 11.0. The Bertz CT molecular complexity index is 1250. The Morgan fingerprint density at radius 1 is 1.24 bits per heavy atom. The van der Waals surface area contributed by atoms with Gasteiger partial charge in [-0.05, 0) is 36.8 Å². The molecule has 1 amide bonds. The molecule has 0 radical (unpaired) electrons. The molecule has 0 unspecified atom stereocenters. The number of aryl methyl sites for hydroxylation is 1. The number of H-pyrrole nitrogens is 1. The number of halogens is 1. The number of para-hydroxylation sites is 1. The average Bonchev–Trinajstić information content (AvgIpc) is 3.19. The van der Waals surface area contributed by atoms with Gasteiger partial charge in [-0.1, -0.05) is 36.0 Å². The molecule has 2 heterocycles. The summed E-state index contributed by atoms with van der Waals surface area (Å²) in [5.74, 6) is -0.731. The first-order valence-corrected chi connectivity index (χ1v) is 9.72. The van der Waals surface area contributed by atoms with Crippen LogP contribution < -0.4 is 10.9 Å². The lowest BCUT2D eigenvalue weighted by Gasteiger charge is -2.12. The summed E-state index contributed by atoms with van der Waals surface area (Å²) in [5.41, 5.74) is 1.58. The highest BCUT2D eigenvalue weighted by Gasteiger charge is 2.16. The lowest BCUT2D eigenvalue weighted by molar-refractivity contribution is -0.113. The van der Waals surface area contributed by atoms with Gasteiger partial charge >= 0.3 is 0 Å². The lowest BCUT2D eigenvalue weighted by atomic mass is 10.2. The predicted octanol–water partition coefficient (Wildman–Crippen LogP) is 3.29. The fraction of sp³-hybridized carbons (Fsp3) is 0.100. The molecule has 0 fully saturated rings. The van der Waals surface area contributed by atoms with Crippen molar-refractivity contribution in [1.82, 2.24) is 19.7 Å². The van der Waals surface area contributed by atoms with Gasteiger partial charge in [-0.25, -0.2) is 9.37 Å². The Kier molecular flexibility index (Phi) is 5.13. The van der Waals surface area contributed by atoms with Crippen LogP contribution in [0.5, 0.6) is 0 Å². The fourth-order valence-corrected chi connectivity index (χ4v) is 3.58. The van der Waals surface area contributed by atoms with Gasteiger partial charge in [-0.3, -0.25) is 19.3 Å². The number of aromatic amines is 1. The van der Waals surface area contributed by atoms with E-state index in [-0.39, 0.29) is 23.0 Å². The number of carbonyl (C=O) groups is 1. The quantitative estimate of drug-likeness (QED) is 0.390. The first-order chi connectivity index (χ1) is 14.0. The Morgan fingerprint density at radius 3 is 2.79 bits per heavy atom. The summed E-state index contributed by atoms with van der Waals surface area (Å²) < 4.78 is 15.1. The third kappa shape index (κ3) is 3.90. The van der Waals surface area contributed by atoms with Crippen LogP contribution in [-0.4, -0.2) is 31.4 Å². The first-order valence-electron chi connectivity index (χ1n) is 8.73. The first kappa shape index (κ1) is 18.9. The maximum Gasteiger partial charge on any atom is 0.269 e. The zero-order valence-corrected chi connectivity index (χ0v) is 16.2. The van der Waals surface area contributed by atoms with Crippen molar-refractivity contribution < 1.29 is 9.18 Å². The van der Waals surface area contributed by atoms with E-state index in [9.17, 15) is 14.0 Å². The molecule has 0 aliphatic rings. The van der Waals surface area contributed by atoms with Gasteiger partial charge in [0.25, 0.3) is 5.56 Å². The number of thioether (sulfide) groups is 1. The average molecular weight is 409 g/mol. The van der Waals surface area contributed by atoms with E-state index in [1.165, 1.54) is 16.8 Å². The van der Waals surface area contributed by atoms with Crippen molar-refractivity contribution in [3.05, 3.63) is 76.5 Å². The van der Waals surface area contributed by atoms with Crippen LogP contribution >= 0.6 is 11.8 Å². The van der Waals surface area contributed by atoms with E-state index < -0.39 is 0 Å². The summed E-state index contributed by atoms with van der Waals surface area (Å²) in [6, 6.07) is 13.5. The SMILES string of the molecule is Cc1ccc(NC(=O)CSc2nc3[nH]ncc3c(=O)n2-c2ccccc2)cc1F. The molecule has 2 N–H and O–H groups in total. The van der Waals surface area contributed by atoms with Crippen LogP contribution in [0.4, 0.5) is 10.1 Å². The summed E-state index contributed by atoms with van der Waals surface area (Å²) in [5, 5.41) is 9.93. The molecule has 146 valence electrons. The molecule has 9 heteroatoms. The number of hydrogen-bond acceptors (Lipinski definition) is 5. The molecule has 0 bridgehead atoms. The Hall–Kier alpha value is -3.46. The van der Waals surface area contributed by atoms with Crippen LogP contribution in [0.25, 0.3) is 16.7 Å². The number of aromatic nitrogens is 4. The van der Waals surface area contributed by atoms with Crippen LogP contribution in [0.2, 0.25) is 0 Å². The fourth-order valence-electron chi connectivity index (χ4n) is 2.77. The van der Waals surface area contributed by atoms with Crippen molar-refractivity contribution in [2.24, 2.45) is 0 Å². The molecular formula is C20H16FN5O2S. The maximum absolute atomic E-state index is 13.7. The van der Waals surface area contributed by atoms with E-state index >= 15 is 0 Å². The van der Waals surface area contributed by atoms with E-state index in [2.05, 4.69) is 20.5 Å². The second kappa shape index (κ2) is 7.88. The van der Waals surface area contributed by atoms with Gasteiger partial charge in [0, 0.05) is 5.69 Å². The smallest absolute Gasteiger partial charge is 0.269 e. The zero-order chi connectivity index (χ0) is 20.4. The molecular weight excluding hydrogens is 393 g/mol. The van der Waals surface area contributed by atoms with Crippen LogP contribution in [0.3, 0.4) is 0 Å². The second-order valence-corrected chi connectivity index (χ2v) is 7.25. The van der Waals surface area contributed by atoms with Gasteiger partial charge in [-0.2, -0.15) is 5.10 Å². The Labute approximate surface area is 169 Å². The molecule has 0 saturated heterocycles. The molecule has 4 rings (SSSR count). The minimum absolute atomic E-state index is 0.00554. The molecule has 0 spiro atoms. The monoisotopic (exact) mass is 409 g/mol. The molecule has 2 aromatic carbocycles. The molecule has 7 nitrogen and oxygen atoms in total. The van der Waals surface area contributed by atoms with Crippen molar-refractivity contribution in [1.29, 1.82) is 0 Å². The van der Waals surface area contributed by atoms with Gasteiger partial charge in [0.05, 0.1) is 17.6 Å². The van der Waals surface area contributed by atoms with Gasteiger partial charge in [0.1, 0.15) is 11.2 Å². The van der Waals surface area contributed by atoms with Crippen molar-refractivity contribution in [2.45, 2.75) is 12.1 Å².